The molecule has 4 rings (SSSR count). The standard InChI is InChI=1S/C20H14Br2/c1-2-12-7-8-14-17-10-19(21)15-6-4-3-5-13(15)16(17)11-20(22)18(14)9-12/h3-11H,2H2,1H3. The molecule has 0 saturated carbocycles. The molecule has 0 radical (unpaired) electrons. The SMILES string of the molecule is CCc1ccc2c(c1)c(Br)cc1c3ccccc3c(Br)cc21. The van der Waals surface area contributed by atoms with Gasteiger partial charge in [-0.05, 0) is 56.4 Å². The molecule has 0 saturated heterocycles. The average Bonchev–Trinajstić information content (AvgIpc) is 2.56. The van der Waals surface area contributed by atoms with Crippen molar-refractivity contribution in [3.8, 4) is 0 Å². The fourth-order valence-corrected chi connectivity index (χ4v) is 4.31. The van der Waals surface area contributed by atoms with Crippen LogP contribution in [-0.2, 0) is 6.42 Å². The summed E-state index contributed by atoms with van der Waals surface area (Å²) in [5.41, 5.74) is 1.37. The molecule has 0 aliphatic rings. The summed E-state index contributed by atoms with van der Waals surface area (Å²) in [6.07, 6.45) is 1.06. The van der Waals surface area contributed by atoms with Gasteiger partial charge in [-0.1, -0.05) is 81.2 Å². The molecule has 0 aliphatic carbocycles. The summed E-state index contributed by atoms with van der Waals surface area (Å²) in [7, 11) is 0. The van der Waals surface area contributed by atoms with E-state index in [1.165, 1.54) is 37.9 Å². The molecule has 4 aromatic rings. The van der Waals surface area contributed by atoms with Crippen LogP contribution in [0.25, 0.3) is 32.3 Å². The largest absolute Gasteiger partial charge is 0.0616 e. The first-order valence-corrected chi connectivity index (χ1v) is 8.99. The van der Waals surface area contributed by atoms with Crippen LogP contribution in [0.3, 0.4) is 0 Å². The van der Waals surface area contributed by atoms with Crippen molar-refractivity contribution in [3.63, 3.8) is 0 Å². The predicted octanol–water partition coefficient (Wildman–Crippen LogP) is 7.23. The van der Waals surface area contributed by atoms with Crippen LogP contribution in [0.2, 0.25) is 0 Å². The van der Waals surface area contributed by atoms with Crippen LogP contribution in [0, 0.1) is 0 Å². The molecule has 0 atom stereocenters. The summed E-state index contributed by atoms with van der Waals surface area (Å²) >= 11 is 7.51. The zero-order valence-electron chi connectivity index (χ0n) is 12.2. The second kappa shape index (κ2) is 5.36. The fraction of sp³-hybridized carbons (Fsp3) is 0.100. The topological polar surface area (TPSA) is 0 Å². The molecule has 0 spiro atoms. The van der Waals surface area contributed by atoms with E-state index in [0.29, 0.717) is 0 Å². The first kappa shape index (κ1) is 14.2. The third-order valence-corrected chi connectivity index (χ3v) is 5.66. The molecule has 0 fully saturated rings. The van der Waals surface area contributed by atoms with Crippen molar-refractivity contribution < 1.29 is 0 Å². The van der Waals surface area contributed by atoms with Gasteiger partial charge in [-0.3, -0.25) is 0 Å². The monoisotopic (exact) mass is 412 g/mol. The van der Waals surface area contributed by atoms with Crippen molar-refractivity contribution in [2.24, 2.45) is 0 Å². The number of halogens is 2. The van der Waals surface area contributed by atoms with E-state index in [2.05, 4.69) is 93.4 Å². The highest BCUT2D eigenvalue weighted by molar-refractivity contribution is 9.11. The third-order valence-electron chi connectivity index (χ3n) is 4.35. The average molecular weight is 414 g/mol. The minimum Gasteiger partial charge on any atom is -0.0616 e. The van der Waals surface area contributed by atoms with Crippen LogP contribution in [0.15, 0.2) is 63.5 Å². The smallest absolute Gasteiger partial charge is 0.0260 e. The maximum absolute atomic E-state index is 3.77. The number of hydrogen-bond donors (Lipinski definition) is 0. The Bertz CT molecular complexity index is 1030. The molecule has 4 aromatic carbocycles. The molecule has 108 valence electrons. The Kier molecular flexibility index (Phi) is 3.47. The Morgan fingerprint density at radius 2 is 1.23 bits per heavy atom. The number of fused-ring (bicyclic) bond motifs is 5. The van der Waals surface area contributed by atoms with E-state index in [1.54, 1.807) is 0 Å². The molecular formula is C20H14Br2. The molecule has 0 amide bonds. The van der Waals surface area contributed by atoms with Crippen molar-refractivity contribution >= 4 is 64.2 Å². The van der Waals surface area contributed by atoms with Gasteiger partial charge in [0.15, 0.2) is 0 Å². The maximum atomic E-state index is 3.77. The van der Waals surface area contributed by atoms with E-state index in [0.717, 1.165) is 15.4 Å². The van der Waals surface area contributed by atoms with Crippen molar-refractivity contribution in [1.82, 2.24) is 0 Å². The molecular weight excluding hydrogens is 400 g/mol. The number of hydrogen-bond acceptors (Lipinski definition) is 0. The molecule has 0 aromatic heterocycles. The zero-order chi connectivity index (χ0) is 15.3. The second-order valence-corrected chi connectivity index (χ2v) is 7.30. The molecule has 2 heteroatoms. The Hall–Kier alpha value is -1.38. The normalized spacial score (nSPS) is 11.6. The summed E-state index contributed by atoms with van der Waals surface area (Å²) < 4.78 is 2.32. The van der Waals surface area contributed by atoms with E-state index in [4.69, 9.17) is 0 Å². The summed E-state index contributed by atoms with van der Waals surface area (Å²) in [4.78, 5) is 0. The number of rotatable bonds is 1. The van der Waals surface area contributed by atoms with Gasteiger partial charge in [0, 0.05) is 8.95 Å². The highest BCUT2D eigenvalue weighted by atomic mass is 79.9. The summed E-state index contributed by atoms with van der Waals surface area (Å²) in [6, 6.07) is 19.8. The van der Waals surface area contributed by atoms with Crippen LogP contribution >= 0.6 is 31.9 Å². The van der Waals surface area contributed by atoms with Gasteiger partial charge in [-0.2, -0.15) is 0 Å². The van der Waals surface area contributed by atoms with E-state index in [1.807, 2.05) is 0 Å². The van der Waals surface area contributed by atoms with E-state index >= 15 is 0 Å². The minimum absolute atomic E-state index is 1.06. The van der Waals surface area contributed by atoms with Gasteiger partial charge in [-0.15, -0.1) is 0 Å². The lowest BCUT2D eigenvalue weighted by molar-refractivity contribution is 1.15. The first-order valence-electron chi connectivity index (χ1n) is 7.41. The highest BCUT2D eigenvalue weighted by Crippen LogP contribution is 2.39. The van der Waals surface area contributed by atoms with Gasteiger partial charge >= 0.3 is 0 Å². The second-order valence-electron chi connectivity index (χ2n) is 5.59. The number of aryl methyl sites for hydroxylation is 1. The van der Waals surface area contributed by atoms with Gasteiger partial charge in [-0.25, -0.2) is 0 Å². The molecule has 22 heavy (non-hydrogen) atoms. The van der Waals surface area contributed by atoms with Gasteiger partial charge in [0.1, 0.15) is 0 Å². The van der Waals surface area contributed by atoms with Crippen LogP contribution in [-0.4, -0.2) is 0 Å². The summed E-state index contributed by atoms with van der Waals surface area (Å²) in [6.45, 7) is 2.19. The van der Waals surface area contributed by atoms with Gasteiger partial charge in [0.25, 0.3) is 0 Å². The lowest BCUT2D eigenvalue weighted by atomic mass is 9.96. The molecule has 0 unspecified atom stereocenters. The van der Waals surface area contributed by atoms with Crippen molar-refractivity contribution in [2.45, 2.75) is 13.3 Å². The van der Waals surface area contributed by atoms with Crippen LogP contribution in [0.5, 0.6) is 0 Å². The lowest BCUT2D eigenvalue weighted by Gasteiger charge is -2.12. The zero-order valence-corrected chi connectivity index (χ0v) is 15.3. The van der Waals surface area contributed by atoms with Gasteiger partial charge in [0.05, 0.1) is 0 Å². The van der Waals surface area contributed by atoms with Crippen molar-refractivity contribution in [2.75, 3.05) is 0 Å². The van der Waals surface area contributed by atoms with Crippen LogP contribution in [0.4, 0.5) is 0 Å². The lowest BCUT2D eigenvalue weighted by Crippen LogP contribution is -1.86. The van der Waals surface area contributed by atoms with Crippen molar-refractivity contribution in [1.29, 1.82) is 0 Å². The molecule has 0 N–H and O–H groups in total. The van der Waals surface area contributed by atoms with Crippen LogP contribution in [0.1, 0.15) is 12.5 Å². The van der Waals surface area contributed by atoms with Crippen LogP contribution < -0.4 is 0 Å². The minimum atomic E-state index is 1.06. The summed E-state index contributed by atoms with van der Waals surface area (Å²) in [5, 5.41) is 7.72. The molecule has 0 heterocycles. The van der Waals surface area contributed by atoms with Gasteiger partial charge in [0.2, 0.25) is 0 Å². The Morgan fingerprint density at radius 1 is 0.636 bits per heavy atom. The Morgan fingerprint density at radius 3 is 1.91 bits per heavy atom. The van der Waals surface area contributed by atoms with Crippen molar-refractivity contribution in [3.05, 3.63) is 69.1 Å². The Labute approximate surface area is 146 Å². The fourth-order valence-electron chi connectivity index (χ4n) is 3.18. The van der Waals surface area contributed by atoms with E-state index < -0.39 is 0 Å². The molecule has 0 aliphatic heterocycles. The van der Waals surface area contributed by atoms with Gasteiger partial charge < -0.3 is 0 Å². The Balaban J connectivity index is 2.26. The highest BCUT2D eigenvalue weighted by Gasteiger charge is 2.10. The molecule has 0 bridgehead atoms. The number of benzene rings is 4. The quantitative estimate of drug-likeness (QED) is 0.288. The van der Waals surface area contributed by atoms with E-state index in [9.17, 15) is 0 Å². The molecule has 0 nitrogen and oxygen atoms in total. The third kappa shape index (κ3) is 2.09. The first-order chi connectivity index (χ1) is 10.7. The van der Waals surface area contributed by atoms with E-state index in [-0.39, 0.29) is 0 Å². The maximum Gasteiger partial charge on any atom is 0.0260 e. The summed E-state index contributed by atoms with van der Waals surface area (Å²) in [5.74, 6) is 0. The predicted molar refractivity (Wildman–Crippen MR) is 104 cm³/mol.